The van der Waals surface area contributed by atoms with E-state index in [9.17, 15) is 4.79 Å². The monoisotopic (exact) mass is 317 g/mol. The van der Waals surface area contributed by atoms with Crippen molar-refractivity contribution in [2.24, 2.45) is 0 Å². The van der Waals surface area contributed by atoms with Gasteiger partial charge in [-0.15, -0.1) is 0 Å². The Morgan fingerprint density at radius 3 is 2.48 bits per heavy atom. The van der Waals surface area contributed by atoms with Crippen LogP contribution in [0.3, 0.4) is 0 Å². The van der Waals surface area contributed by atoms with Gasteiger partial charge in [0.25, 0.3) is 0 Å². The van der Waals surface area contributed by atoms with Crippen LogP contribution in [0.5, 0.6) is 11.5 Å². The number of benzene rings is 1. The number of ether oxygens (including phenoxy) is 3. The second-order valence-electron chi connectivity index (χ2n) is 4.59. The molecule has 0 atom stereocenters. The van der Waals surface area contributed by atoms with Crippen molar-refractivity contribution < 1.29 is 19.0 Å². The molecule has 2 aromatic rings. The van der Waals surface area contributed by atoms with Gasteiger partial charge in [-0.3, -0.25) is 5.32 Å². The summed E-state index contributed by atoms with van der Waals surface area (Å²) in [6, 6.07) is 9.21. The number of hydrogen-bond acceptors (Lipinski definition) is 6. The van der Waals surface area contributed by atoms with E-state index in [-0.39, 0.29) is 0 Å². The molecule has 0 fully saturated rings. The van der Waals surface area contributed by atoms with E-state index in [1.54, 1.807) is 32.5 Å². The second-order valence-corrected chi connectivity index (χ2v) is 4.59. The van der Waals surface area contributed by atoms with Gasteiger partial charge in [-0.25, -0.2) is 9.78 Å². The maximum absolute atomic E-state index is 11.1. The normalized spacial score (nSPS) is 9.87. The Balaban J connectivity index is 1.96. The summed E-state index contributed by atoms with van der Waals surface area (Å²) in [5.41, 5.74) is 1.59. The lowest BCUT2D eigenvalue weighted by atomic mass is 10.2. The number of methoxy groups -OCH3 is 3. The van der Waals surface area contributed by atoms with Gasteiger partial charge in [0, 0.05) is 6.54 Å². The minimum atomic E-state index is -0.530. The number of aromatic nitrogens is 1. The van der Waals surface area contributed by atoms with Crippen molar-refractivity contribution in [3.05, 3.63) is 42.1 Å². The van der Waals surface area contributed by atoms with Gasteiger partial charge in [-0.2, -0.15) is 0 Å². The highest BCUT2D eigenvalue weighted by atomic mass is 16.5. The smallest absolute Gasteiger partial charge is 0.411 e. The number of carbonyl (C=O) groups excluding carboxylic acids is 1. The summed E-state index contributed by atoms with van der Waals surface area (Å²) in [6.07, 6.45) is 1.02. The first-order valence-electron chi connectivity index (χ1n) is 6.92. The van der Waals surface area contributed by atoms with Gasteiger partial charge < -0.3 is 19.5 Å². The molecular formula is C16H19N3O4. The second kappa shape index (κ2) is 7.88. The lowest BCUT2D eigenvalue weighted by Crippen LogP contribution is -2.11. The SMILES string of the molecule is COC(=O)Nc1ccc(NCc2ccc(OC)c(OC)c2)nc1. The summed E-state index contributed by atoms with van der Waals surface area (Å²) >= 11 is 0. The number of hydrogen-bond donors (Lipinski definition) is 2. The van der Waals surface area contributed by atoms with Gasteiger partial charge in [0.1, 0.15) is 5.82 Å². The fourth-order valence-electron chi connectivity index (χ4n) is 1.92. The lowest BCUT2D eigenvalue weighted by molar-refractivity contribution is 0.187. The van der Waals surface area contributed by atoms with Crippen LogP contribution >= 0.6 is 0 Å². The van der Waals surface area contributed by atoms with Gasteiger partial charge >= 0.3 is 6.09 Å². The van der Waals surface area contributed by atoms with Crippen molar-refractivity contribution in [3.8, 4) is 11.5 Å². The third-order valence-corrected chi connectivity index (χ3v) is 3.12. The Bertz CT molecular complexity index is 659. The van der Waals surface area contributed by atoms with Crippen molar-refractivity contribution in [1.29, 1.82) is 0 Å². The molecule has 0 radical (unpaired) electrons. The van der Waals surface area contributed by atoms with E-state index in [1.807, 2.05) is 18.2 Å². The van der Waals surface area contributed by atoms with Gasteiger partial charge in [0.15, 0.2) is 11.5 Å². The van der Waals surface area contributed by atoms with E-state index < -0.39 is 6.09 Å². The molecule has 0 saturated heterocycles. The van der Waals surface area contributed by atoms with Crippen LogP contribution in [-0.4, -0.2) is 32.4 Å². The predicted molar refractivity (Wildman–Crippen MR) is 87.1 cm³/mol. The average molecular weight is 317 g/mol. The van der Waals surface area contributed by atoms with E-state index in [4.69, 9.17) is 9.47 Å². The average Bonchev–Trinajstić information content (AvgIpc) is 2.60. The number of carbonyl (C=O) groups is 1. The molecule has 0 unspecified atom stereocenters. The minimum Gasteiger partial charge on any atom is -0.493 e. The van der Waals surface area contributed by atoms with Gasteiger partial charge in [-0.05, 0) is 29.8 Å². The van der Waals surface area contributed by atoms with Crippen LogP contribution in [0, 0.1) is 0 Å². The molecule has 0 aliphatic carbocycles. The summed E-state index contributed by atoms with van der Waals surface area (Å²) in [6.45, 7) is 0.580. The molecule has 0 aliphatic rings. The Morgan fingerprint density at radius 1 is 1.09 bits per heavy atom. The summed E-state index contributed by atoms with van der Waals surface area (Å²) in [7, 11) is 4.51. The van der Waals surface area contributed by atoms with Crippen molar-refractivity contribution in [1.82, 2.24) is 4.98 Å². The minimum absolute atomic E-state index is 0.530. The molecule has 0 aliphatic heterocycles. The first-order chi connectivity index (χ1) is 11.2. The van der Waals surface area contributed by atoms with Gasteiger partial charge in [0.2, 0.25) is 0 Å². The van der Waals surface area contributed by atoms with Gasteiger partial charge in [-0.1, -0.05) is 6.07 Å². The lowest BCUT2D eigenvalue weighted by Gasteiger charge is -2.11. The molecule has 1 aromatic carbocycles. The van der Waals surface area contributed by atoms with E-state index in [2.05, 4.69) is 20.4 Å². The third-order valence-electron chi connectivity index (χ3n) is 3.12. The summed E-state index contributed by atoms with van der Waals surface area (Å²) in [5, 5.41) is 5.73. The van der Waals surface area contributed by atoms with E-state index >= 15 is 0 Å². The molecule has 7 nitrogen and oxygen atoms in total. The maximum atomic E-state index is 11.1. The van der Waals surface area contributed by atoms with Crippen molar-refractivity contribution >= 4 is 17.6 Å². The first-order valence-corrected chi connectivity index (χ1v) is 6.92. The molecule has 2 rings (SSSR count). The number of nitrogens with one attached hydrogen (secondary N) is 2. The standard InChI is InChI=1S/C16H19N3O4/c1-21-13-6-4-11(8-14(13)22-2)9-17-15-7-5-12(10-18-15)19-16(20)23-3/h4-8,10H,9H2,1-3H3,(H,17,18)(H,19,20). The number of pyridine rings is 1. The van der Waals surface area contributed by atoms with Crippen LogP contribution in [0.4, 0.5) is 16.3 Å². The summed E-state index contributed by atoms with van der Waals surface area (Å²) < 4.78 is 15.0. The number of rotatable bonds is 6. The molecule has 1 heterocycles. The Kier molecular flexibility index (Phi) is 5.62. The first kappa shape index (κ1) is 16.4. The maximum Gasteiger partial charge on any atom is 0.411 e. The molecular weight excluding hydrogens is 298 g/mol. The van der Waals surface area contributed by atoms with Crippen LogP contribution in [0.15, 0.2) is 36.5 Å². The van der Waals surface area contributed by atoms with Crippen LogP contribution in [-0.2, 0) is 11.3 Å². The van der Waals surface area contributed by atoms with Crippen LogP contribution in [0.1, 0.15) is 5.56 Å². The number of amides is 1. The zero-order valence-corrected chi connectivity index (χ0v) is 13.3. The van der Waals surface area contributed by atoms with Crippen LogP contribution in [0.2, 0.25) is 0 Å². The van der Waals surface area contributed by atoms with Crippen molar-refractivity contribution in [3.63, 3.8) is 0 Å². The Hall–Kier alpha value is -2.96. The van der Waals surface area contributed by atoms with E-state index in [0.717, 1.165) is 5.56 Å². The van der Waals surface area contributed by atoms with E-state index in [1.165, 1.54) is 7.11 Å². The Labute approximate surface area is 134 Å². The number of anilines is 2. The van der Waals surface area contributed by atoms with Gasteiger partial charge in [0.05, 0.1) is 33.2 Å². The molecule has 23 heavy (non-hydrogen) atoms. The Morgan fingerprint density at radius 2 is 1.87 bits per heavy atom. The molecule has 122 valence electrons. The topological polar surface area (TPSA) is 81.7 Å². The fourth-order valence-corrected chi connectivity index (χ4v) is 1.92. The number of nitrogens with zero attached hydrogens (tertiary/aromatic N) is 1. The third kappa shape index (κ3) is 4.50. The summed E-state index contributed by atoms with van der Waals surface area (Å²) in [4.78, 5) is 15.3. The molecule has 1 amide bonds. The summed E-state index contributed by atoms with van der Waals surface area (Å²) in [5.74, 6) is 2.06. The quantitative estimate of drug-likeness (QED) is 0.852. The van der Waals surface area contributed by atoms with Crippen LogP contribution in [0.25, 0.3) is 0 Å². The highest BCUT2D eigenvalue weighted by molar-refractivity contribution is 5.84. The highest BCUT2D eigenvalue weighted by Gasteiger charge is 2.05. The van der Waals surface area contributed by atoms with Crippen LogP contribution < -0.4 is 20.1 Å². The molecule has 7 heteroatoms. The zero-order chi connectivity index (χ0) is 16.7. The van der Waals surface area contributed by atoms with Crippen molar-refractivity contribution in [2.45, 2.75) is 6.54 Å². The largest absolute Gasteiger partial charge is 0.493 e. The fraction of sp³-hybridized carbons (Fsp3) is 0.250. The molecule has 2 N–H and O–H groups in total. The molecule has 1 aromatic heterocycles. The molecule has 0 spiro atoms. The molecule has 0 saturated carbocycles. The van der Waals surface area contributed by atoms with E-state index in [0.29, 0.717) is 29.5 Å². The highest BCUT2D eigenvalue weighted by Crippen LogP contribution is 2.27. The zero-order valence-electron chi connectivity index (χ0n) is 13.3. The van der Waals surface area contributed by atoms with Crippen molar-refractivity contribution in [2.75, 3.05) is 32.0 Å². The predicted octanol–water partition coefficient (Wildman–Crippen LogP) is 2.89. The molecule has 0 bridgehead atoms.